The molecule has 2 saturated heterocycles. The summed E-state index contributed by atoms with van der Waals surface area (Å²) in [5.41, 5.74) is -0.0965. The molecule has 4 atom stereocenters. The van der Waals surface area contributed by atoms with Crippen LogP contribution < -0.4 is 0 Å². The Morgan fingerprint density at radius 2 is 2.08 bits per heavy atom. The van der Waals surface area contributed by atoms with E-state index in [1.54, 1.807) is 0 Å². The van der Waals surface area contributed by atoms with Crippen molar-refractivity contribution in [2.75, 3.05) is 6.61 Å². The van der Waals surface area contributed by atoms with Crippen LogP contribution in [0.3, 0.4) is 0 Å². The lowest BCUT2D eigenvalue weighted by Crippen LogP contribution is -2.51. The second kappa shape index (κ2) is 1.92. The largest absolute Gasteiger partial charge is 0.458 e. The predicted octanol–water partition coefficient (Wildman–Crippen LogP) is 1.12. The van der Waals surface area contributed by atoms with Crippen LogP contribution in [0, 0.1) is 11.8 Å². The molecule has 0 amide bonds. The molecule has 1 saturated carbocycles. The fourth-order valence-electron chi connectivity index (χ4n) is 2.76. The Hall–Kier alpha value is -0.570. The maximum absolute atomic E-state index is 11.1. The van der Waals surface area contributed by atoms with Gasteiger partial charge in [0.15, 0.2) is 0 Å². The van der Waals surface area contributed by atoms with E-state index in [-0.39, 0.29) is 23.1 Å². The molecule has 0 aromatic rings. The number of epoxide rings is 1. The first-order valence-corrected chi connectivity index (χ1v) is 4.90. The summed E-state index contributed by atoms with van der Waals surface area (Å²) in [7, 11) is 0. The van der Waals surface area contributed by atoms with Crippen LogP contribution in [0.5, 0.6) is 0 Å². The molecular weight excluding hydrogens is 168 g/mol. The zero-order chi connectivity index (χ0) is 9.27. The van der Waals surface area contributed by atoms with E-state index in [9.17, 15) is 4.79 Å². The molecule has 0 spiro atoms. The quantitative estimate of drug-likeness (QED) is 0.450. The van der Waals surface area contributed by atoms with Crippen molar-refractivity contribution in [3.05, 3.63) is 0 Å². The number of fused-ring (bicyclic) bond motifs is 1. The first kappa shape index (κ1) is 7.80. The number of rotatable bonds is 1. The highest BCUT2D eigenvalue weighted by atomic mass is 16.6. The Kier molecular flexibility index (Phi) is 1.15. The van der Waals surface area contributed by atoms with Gasteiger partial charge in [-0.25, -0.2) is 0 Å². The number of hydrogen-bond donors (Lipinski definition) is 0. The van der Waals surface area contributed by atoms with Crippen LogP contribution in [-0.2, 0) is 14.3 Å². The summed E-state index contributed by atoms with van der Waals surface area (Å²) in [6.45, 7) is 5.04. The molecule has 13 heavy (non-hydrogen) atoms. The van der Waals surface area contributed by atoms with Crippen LogP contribution in [0.1, 0.15) is 26.7 Å². The lowest BCUT2D eigenvalue weighted by Gasteiger charge is -2.40. The molecule has 0 bridgehead atoms. The minimum Gasteiger partial charge on any atom is -0.458 e. The van der Waals surface area contributed by atoms with Gasteiger partial charge in [-0.15, -0.1) is 0 Å². The lowest BCUT2D eigenvalue weighted by molar-refractivity contribution is -0.202. The average Bonchev–Trinajstić information content (AvgIpc) is 2.71. The third kappa shape index (κ3) is 0.857. The van der Waals surface area contributed by atoms with E-state index in [1.165, 1.54) is 0 Å². The highest BCUT2D eigenvalue weighted by Crippen LogP contribution is 2.56. The van der Waals surface area contributed by atoms with Gasteiger partial charge in [0.1, 0.15) is 5.60 Å². The molecule has 72 valence electrons. The molecule has 3 aliphatic rings. The van der Waals surface area contributed by atoms with E-state index in [0.717, 1.165) is 19.4 Å². The summed E-state index contributed by atoms with van der Waals surface area (Å²) < 4.78 is 10.6. The summed E-state index contributed by atoms with van der Waals surface area (Å²) in [5.74, 6) is 0.668. The van der Waals surface area contributed by atoms with Gasteiger partial charge >= 0.3 is 5.97 Å². The minimum absolute atomic E-state index is 0.00532. The van der Waals surface area contributed by atoms with Gasteiger partial charge in [0.2, 0.25) is 0 Å². The highest BCUT2D eigenvalue weighted by molar-refractivity contribution is 5.80. The van der Waals surface area contributed by atoms with E-state index >= 15 is 0 Å². The van der Waals surface area contributed by atoms with Gasteiger partial charge < -0.3 is 9.47 Å². The van der Waals surface area contributed by atoms with Crippen molar-refractivity contribution in [2.24, 2.45) is 11.8 Å². The van der Waals surface area contributed by atoms with Crippen molar-refractivity contribution in [3.63, 3.8) is 0 Å². The maximum atomic E-state index is 11.1. The molecule has 2 heterocycles. The van der Waals surface area contributed by atoms with Crippen LogP contribution in [0.25, 0.3) is 0 Å². The van der Waals surface area contributed by atoms with Crippen molar-refractivity contribution in [3.8, 4) is 0 Å². The highest BCUT2D eigenvalue weighted by Gasteiger charge is 2.64. The van der Waals surface area contributed by atoms with Crippen LogP contribution >= 0.6 is 0 Å². The fourth-order valence-corrected chi connectivity index (χ4v) is 2.76. The molecule has 3 nitrogen and oxygen atoms in total. The number of carbonyl (C=O) groups is 1. The topological polar surface area (TPSA) is 38.8 Å². The van der Waals surface area contributed by atoms with E-state index in [2.05, 4.69) is 6.92 Å². The zero-order valence-electron chi connectivity index (χ0n) is 8.00. The summed E-state index contributed by atoms with van der Waals surface area (Å²) in [6.07, 6.45) is 1.95. The van der Waals surface area contributed by atoms with Gasteiger partial charge in [-0.1, -0.05) is 0 Å². The van der Waals surface area contributed by atoms with E-state index in [4.69, 9.17) is 9.47 Å². The van der Waals surface area contributed by atoms with Crippen LogP contribution in [-0.4, -0.2) is 23.8 Å². The smallest absolute Gasteiger partial charge is 0.313 e. The molecule has 3 heteroatoms. The molecule has 2 aliphatic heterocycles. The Bertz CT molecular complexity index is 282. The van der Waals surface area contributed by atoms with Crippen molar-refractivity contribution in [1.29, 1.82) is 0 Å². The van der Waals surface area contributed by atoms with E-state index in [0.29, 0.717) is 5.92 Å². The molecule has 1 aliphatic carbocycles. The van der Waals surface area contributed by atoms with Crippen LogP contribution in [0.4, 0.5) is 0 Å². The lowest BCUT2D eigenvalue weighted by atomic mass is 9.87. The third-order valence-electron chi connectivity index (χ3n) is 3.99. The van der Waals surface area contributed by atoms with Crippen LogP contribution in [0.15, 0.2) is 0 Å². The third-order valence-corrected chi connectivity index (χ3v) is 3.99. The monoisotopic (exact) mass is 182 g/mol. The van der Waals surface area contributed by atoms with Gasteiger partial charge in [0, 0.05) is 0 Å². The van der Waals surface area contributed by atoms with Crippen molar-refractivity contribution in [1.82, 2.24) is 0 Å². The van der Waals surface area contributed by atoms with E-state index in [1.807, 2.05) is 6.92 Å². The van der Waals surface area contributed by atoms with Gasteiger partial charge in [-0.05, 0) is 32.6 Å². The van der Waals surface area contributed by atoms with Crippen molar-refractivity contribution in [2.45, 2.75) is 37.9 Å². The normalized spacial score (nSPS) is 58.2. The number of hydrogen-bond acceptors (Lipinski definition) is 3. The number of carbonyl (C=O) groups excluding carboxylic acids is 1. The molecule has 0 aromatic heterocycles. The Labute approximate surface area is 77.4 Å². The molecular formula is C10H14O3. The fraction of sp³-hybridized carbons (Fsp3) is 0.900. The Balaban J connectivity index is 1.81. The summed E-state index contributed by atoms with van der Waals surface area (Å²) in [6, 6.07) is 0. The first-order chi connectivity index (χ1) is 6.04. The number of ether oxygens (including phenoxy) is 2. The number of esters is 1. The summed E-state index contributed by atoms with van der Waals surface area (Å²) in [4.78, 5) is 11.1. The molecule has 0 radical (unpaired) electrons. The molecule has 3 rings (SSSR count). The second-order valence-corrected chi connectivity index (χ2v) is 5.02. The van der Waals surface area contributed by atoms with Gasteiger partial charge in [-0.2, -0.15) is 0 Å². The molecule has 0 aromatic carbocycles. The SMILES string of the molecule is CC1([C@H]2C[C@@H]3C(=O)O[C@]3(C)C2)CO1. The molecule has 3 fully saturated rings. The predicted molar refractivity (Wildman–Crippen MR) is 45.1 cm³/mol. The zero-order valence-corrected chi connectivity index (χ0v) is 8.00. The Morgan fingerprint density at radius 3 is 2.54 bits per heavy atom. The van der Waals surface area contributed by atoms with E-state index < -0.39 is 0 Å². The van der Waals surface area contributed by atoms with Gasteiger partial charge in [0.05, 0.1) is 18.1 Å². The summed E-state index contributed by atoms with van der Waals surface area (Å²) in [5, 5.41) is 0. The standard InChI is InChI=1S/C10H14O3/c1-9-4-6(10(2)5-12-10)3-7(9)8(11)13-9/h6-7H,3-5H2,1-2H3/t6-,7+,9+,10?/m0/s1. The molecule has 0 N–H and O–H groups in total. The van der Waals surface area contributed by atoms with Gasteiger partial charge in [-0.3, -0.25) is 4.79 Å². The first-order valence-electron chi connectivity index (χ1n) is 4.90. The maximum Gasteiger partial charge on any atom is 0.313 e. The Morgan fingerprint density at radius 1 is 1.38 bits per heavy atom. The molecule has 1 unspecified atom stereocenters. The van der Waals surface area contributed by atoms with Crippen molar-refractivity contribution >= 4 is 5.97 Å². The summed E-state index contributed by atoms with van der Waals surface area (Å²) >= 11 is 0. The second-order valence-electron chi connectivity index (χ2n) is 5.02. The van der Waals surface area contributed by atoms with Gasteiger partial charge in [0.25, 0.3) is 0 Å². The minimum atomic E-state index is -0.156. The van der Waals surface area contributed by atoms with Crippen molar-refractivity contribution < 1.29 is 14.3 Å². The average molecular weight is 182 g/mol. The van der Waals surface area contributed by atoms with Crippen LogP contribution in [0.2, 0.25) is 0 Å².